The van der Waals surface area contributed by atoms with Crippen LogP contribution in [0.3, 0.4) is 0 Å². The minimum absolute atomic E-state index is 0.224. The SMILES string of the molecule is COc1c(Cl)cc(C(=O)NCc2ccc(CN3CCCC3)cc2)cc1Cl. The number of rotatable bonds is 6. The van der Waals surface area contributed by atoms with E-state index in [9.17, 15) is 4.79 Å². The lowest BCUT2D eigenvalue weighted by atomic mass is 10.1. The number of nitrogens with one attached hydrogen (secondary N) is 1. The van der Waals surface area contributed by atoms with Gasteiger partial charge in [-0.3, -0.25) is 9.69 Å². The van der Waals surface area contributed by atoms with Crippen LogP contribution >= 0.6 is 23.2 Å². The summed E-state index contributed by atoms with van der Waals surface area (Å²) in [5.74, 6) is 0.149. The van der Waals surface area contributed by atoms with Crippen molar-refractivity contribution < 1.29 is 9.53 Å². The van der Waals surface area contributed by atoms with Crippen molar-refractivity contribution in [2.75, 3.05) is 20.2 Å². The van der Waals surface area contributed by atoms with E-state index in [0.717, 1.165) is 12.1 Å². The lowest BCUT2D eigenvalue weighted by Gasteiger charge is -2.14. The fourth-order valence-corrected chi connectivity index (χ4v) is 3.77. The molecule has 0 atom stereocenters. The Morgan fingerprint density at radius 3 is 2.23 bits per heavy atom. The molecule has 0 aliphatic carbocycles. The first kappa shape index (κ1) is 19.0. The highest BCUT2D eigenvalue weighted by molar-refractivity contribution is 6.37. The number of methoxy groups -OCH3 is 1. The van der Waals surface area contributed by atoms with Crippen LogP contribution in [0.25, 0.3) is 0 Å². The zero-order chi connectivity index (χ0) is 18.5. The fraction of sp³-hybridized carbons (Fsp3) is 0.350. The summed E-state index contributed by atoms with van der Waals surface area (Å²) >= 11 is 12.2. The number of carbonyl (C=O) groups is 1. The van der Waals surface area contributed by atoms with E-state index in [0.29, 0.717) is 27.9 Å². The number of hydrogen-bond acceptors (Lipinski definition) is 3. The second-order valence-corrected chi connectivity index (χ2v) is 7.27. The Kier molecular flexibility index (Phi) is 6.41. The Morgan fingerprint density at radius 1 is 1.08 bits per heavy atom. The second-order valence-electron chi connectivity index (χ2n) is 6.46. The zero-order valence-corrected chi connectivity index (χ0v) is 16.2. The molecule has 1 N–H and O–H groups in total. The smallest absolute Gasteiger partial charge is 0.251 e. The highest BCUT2D eigenvalue weighted by Crippen LogP contribution is 2.33. The average molecular weight is 393 g/mol. The molecular weight excluding hydrogens is 371 g/mol. The van der Waals surface area contributed by atoms with Crippen LogP contribution in [-0.4, -0.2) is 31.0 Å². The number of likely N-dealkylation sites (tertiary alicyclic amines) is 1. The lowest BCUT2D eigenvalue weighted by molar-refractivity contribution is 0.0951. The predicted molar refractivity (Wildman–Crippen MR) is 105 cm³/mol. The maximum Gasteiger partial charge on any atom is 0.251 e. The number of benzene rings is 2. The maximum absolute atomic E-state index is 12.3. The van der Waals surface area contributed by atoms with Crippen LogP contribution < -0.4 is 10.1 Å². The van der Waals surface area contributed by atoms with Crippen molar-refractivity contribution in [1.29, 1.82) is 0 Å². The van der Waals surface area contributed by atoms with Crippen molar-refractivity contribution in [3.8, 4) is 5.75 Å². The molecule has 26 heavy (non-hydrogen) atoms. The molecule has 1 amide bonds. The summed E-state index contributed by atoms with van der Waals surface area (Å²) < 4.78 is 5.10. The molecule has 0 spiro atoms. The van der Waals surface area contributed by atoms with E-state index in [4.69, 9.17) is 27.9 Å². The van der Waals surface area contributed by atoms with E-state index in [1.54, 1.807) is 12.1 Å². The molecule has 2 aromatic carbocycles. The first-order valence-corrected chi connectivity index (χ1v) is 9.44. The van der Waals surface area contributed by atoms with E-state index in [1.165, 1.54) is 38.6 Å². The van der Waals surface area contributed by atoms with Gasteiger partial charge < -0.3 is 10.1 Å². The standard InChI is InChI=1S/C20H22Cl2N2O2/c1-26-19-17(21)10-16(11-18(19)22)20(25)23-12-14-4-6-15(7-5-14)13-24-8-2-3-9-24/h4-7,10-11H,2-3,8-9,12-13H2,1H3,(H,23,25). The number of amides is 1. The van der Waals surface area contributed by atoms with E-state index in [2.05, 4.69) is 34.5 Å². The molecule has 0 saturated carbocycles. The summed E-state index contributed by atoms with van der Waals surface area (Å²) in [4.78, 5) is 14.8. The summed E-state index contributed by atoms with van der Waals surface area (Å²) in [5, 5.41) is 3.52. The van der Waals surface area contributed by atoms with Crippen molar-refractivity contribution in [3.05, 3.63) is 63.1 Å². The summed E-state index contributed by atoms with van der Waals surface area (Å²) in [6.45, 7) is 3.81. The van der Waals surface area contributed by atoms with Crippen molar-refractivity contribution in [2.45, 2.75) is 25.9 Å². The summed E-state index contributed by atoms with van der Waals surface area (Å²) in [7, 11) is 1.49. The van der Waals surface area contributed by atoms with Crippen molar-refractivity contribution >= 4 is 29.1 Å². The monoisotopic (exact) mass is 392 g/mol. The zero-order valence-electron chi connectivity index (χ0n) is 14.7. The van der Waals surface area contributed by atoms with Crippen molar-refractivity contribution in [1.82, 2.24) is 10.2 Å². The highest BCUT2D eigenvalue weighted by atomic mass is 35.5. The van der Waals surface area contributed by atoms with Crippen LogP contribution in [0, 0.1) is 0 Å². The maximum atomic E-state index is 12.3. The van der Waals surface area contributed by atoms with E-state index in [-0.39, 0.29) is 5.91 Å². The second kappa shape index (κ2) is 8.76. The quantitative estimate of drug-likeness (QED) is 0.784. The molecule has 0 aromatic heterocycles. The van der Waals surface area contributed by atoms with Crippen molar-refractivity contribution in [3.63, 3.8) is 0 Å². The molecule has 4 nitrogen and oxygen atoms in total. The summed E-state index contributed by atoms with van der Waals surface area (Å²) in [6.07, 6.45) is 2.59. The van der Waals surface area contributed by atoms with E-state index in [1.807, 2.05) is 0 Å². The summed E-state index contributed by atoms with van der Waals surface area (Å²) in [6, 6.07) is 11.5. The number of ether oxygens (including phenoxy) is 1. The van der Waals surface area contributed by atoms with Gasteiger partial charge in [-0.05, 0) is 49.2 Å². The number of carbonyl (C=O) groups excluding carboxylic acids is 1. The van der Waals surface area contributed by atoms with E-state index >= 15 is 0 Å². The van der Waals surface area contributed by atoms with Gasteiger partial charge in [-0.1, -0.05) is 47.5 Å². The third-order valence-corrected chi connectivity index (χ3v) is 5.11. The van der Waals surface area contributed by atoms with Gasteiger partial charge in [-0.15, -0.1) is 0 Å². The summed E-state index contributed by atoms with van der Waals surface area (Å²) in [5.41, 5.74) is 2.76. The van der Waals surface area contributed by atoms with Gasteiger partial charge in [0.25, 0.3) is 5.91 Å². The Labute approximate surface area is 164 Å². The van der Waals surface area contributed by atoms with Crippen LogP contribution in [-0.2, 0) is 13.1 Å². The third kappa shape index (κ3) is 4.70. The fourth-order valence-electron chi connectivity index (χ4n) is 3.13. The molecule has 6 heteroatoms. The molecule has 0 unspecified atom stereocenters. The Morgan fingerprint density at radius 2 is 1.65 bits per heavy atom. The molecule has 2 aromatic rings. The average Bonchev–Trinajstić information content (AvgIpc) is 3.13. The van der Waals surface area contributed by atoms with Crippen molar-refractivity contribution in [2.24, 2.45) is 0 Å². The normalized spacial score (nSPS) is 14.4. The first-order valence-electron chi connectivity index (χ1n) is 8.68. The molecule has 1 fully saturated rings. The Balaban J connectivity index is 1.57. The van der Waals surface area contributed by atoms with Crippen LogP contribution in [0.15, 0.2) is 36.4 Å². The largest absolute Gasteiger partial charge is 0.494 e. The number of nitrogens with zero attached hydrogens (tertiary/aromatic N) is 1. The Hall–Kier alpha value is -1.75. The minimum atomic E-state index is -0.224. The molecule has 138 valence electrons. The molecule has 1 saturated heterocycles. The van der Waals surface area contributed by atoms with Gasteiger partial charge in [-0.25, -0.2) is 0 Å². The molecule has 1 aliphatic rings. The van der Waals surface area contributed by atoms with Gasteiger partial charge >= 0.3 is 0 Å². The van der Waals surface area contributed by atoms with Gasteiger partial charge in [-0.2, -0.15) is 0 Å². The van der Waals surface area contributed by atoms with Crippen LogP contribution in [0.2, 0.25) is 10.0 Å². The molecule has 0 bridgehead atoms. The number of hydrogen-bond donors (Lipinski definition) is 1. The van der Waals surface area contributed by atoms with Gasteiger partial charge in [0.05, 0.1) is 17.2 Å². The van der Waals surface area contributed by atoms with Gasteiger partial charge in [0, 0.05) is 18.7 Å². The topological polar surface area (TPSA) is 41.6 Å². The van der Waals surface area contributed by atoms with Crippen LogP contribution in [0.5, 0.6) is 5.75 Å². The Bertz CT molecular complexity index is 749. The molecule has 3 rings (SSSR count). The molecule has 1 aliphatic heterocycles. The van der Waals surface area contributed by atoms with E-state index < -0.39 is 0 Å². The van der Waals surface area contributed by atoms with Gasteiger partial charge in [0.15, 0.2) is 5.75 Å². The molecule has 1 heterocycles. The minimum Gasteiger partial charge on any atom is -0.494 e. The van der Waals surface area contributed by atoms with Gasteiger partial charge in [0.2, 0.25) is 0 Å². The highest BCUT2D eigenvalue weighted by Gasteiger charge is 2.14. The molecular formula is C20H22Cl2N2O2. The number of halogens is 2. The van der Waals surface area contributed by atoms with Crippen LogP contribution in [0.1, 0.15) is 34.3 Å². The first-order chi connectivity index (χ1) is 12.6. The predicted octanol–water partition coefficient (Wildman–Crippen LogP) is 4.53. The van der Waals surface area contributed by atoms with Gasteiger partial charge in [0.1, 0.15) is 0 Å². The molecule has 0 radical (unpaired) electrons. The lowest BCUT2D eigenvalue weighted by Crippen LogP contribution is -2.23. The third-order valence-electron chi connectivity index (χ3n) is 4.55. The van der Waals surface area contributed by atoms with Crippen LogP contribution in [0.4, 0.5) is 0 Å².